The molecule has 0 amide bonds. The zero-order valence-corrected chi connectivity index (χ0v) is 64.5. The van der Waals surface area contributed by atoms with Gasteiger partial charge in [0.2, 0.25) is 0 Å². The number of carbonyl (C=O) groups is 3. The lowest BCUT2D eigenvalue weighted by molar-refractivity contribution is -0.360. The lowest BCUT2D eigenvalue weighted by Crippen LogP contribution is -2.69. The van der Waals surface area contributed by atoms with Crippen molar-refractivity contribution in [2.24, 2.45) is 0 Å². The molecule has 606 valence electrons. The van der Waals surface area contributed by atoms with E-state index in [1.165, 1.54) is 167 Å². The maximum absolute atomic E-state index is 14.4. The first kappa shape index (κ1) is 94.9. The summed E-state index contributed by atoms with van der Waals surface area (Å²) >= 11 is 0. The van der Waals surface area contributed by atoms with E-state index in [1.54, 1.807) is 0 Å². The van der Waals surface area contributed by atoms with Gasteiger partial charge in [0.25, 0.3) is 0 Å². The Morgan fingerprint density at radius 2 is 0.680 bits per heavy atom. The van der Waals surface area contributed by atoms with Crippen molar-refractivity contribution in [1.29, 1.82) is 0 Å². The molecule has 0 spiro atoms. The Labute approximate surface area is 618 Å². The zero-order valence-electron chi connectivity index (χ0n) is 63.6. The van der Waals surface area contributed by atoms with Crippen molar-refractivity contribution in [1.82, 2.24) is 0 Å². The van der Waals surface area contributed by atoms with E-state index in [2.05, 4.69) is 32.9 Å². The third-order valence-corrected chi connectivity index (χ3v) is 21.3. The number of allylic oxidation sites excluding steroid dienone is 2. The average Bonchev–Trinajstić information content (AvgIpc) is 0.761. The molecule has 11 N–H and O–H groups in total. The third-order valence-electron chi connectivity index (χ3n) is 20.3. The number of unbranched alkanes of at least 4 members (excludes halogenated alkanes) is 42. The van der Waals surface area contributed by atoms with Gasteiger partial charge in [0.05, 0.1) is 13.2 Å². The average molecular weight is 1500 g/mol. The summed E-state index contributed by atoms with van der Waals surface area (Å²) in [5.41, 5.74) is 0. The van der Waals surface area contributed by atoms with Crippen LogP contribution in [0.2, 0.25) is 0 Å². The van der Waals surface area contributed by atoms with Crippen LogP contribution in [-0.4, -0.2) is 204 Å². The van der Waals surface area contributed by atoms with Crippen LogP contribution in [-0.2, 0) is 61.2 Å². The van der Waals surface area contributed by atoms with Gasteiger partial charge in [0.1, 0.15) is 98.7 Å². The van der Waals surface area contributed by atoms with Gasteiger partial charge in [-0.1, -0.05) is 283 Å². The summed E-state index contributed by atoms with van der Waals surface area (Å²) in [6.45, 7) is 3.49. The third kappa shape index (κ3) is 41.9. The molecular weight excluding hydrogens is 1350 g/mol. The molecule has 1 saturated carbocycles. The van der Waals surface area contributed by atoms with Crippen molar-refractivity contribution in [2.75, 3.05) is 26.4 Å². The van der Waals surface area contributed by atoms with E-state index in [0.29, 0.717) is 19.3 Å². The van der Waals surface area contributed by atoms with E-state index >= 15 is 0 Å². The van der Waals surface area contributed by atoms with E-state index in [-0.39, 0.29) is 19.3 Å². The van der Waals surface area contributed by atoms with Crippen molar-refractivity contribution in [3.05, 3.63) is 12.2 Å². The Hall–Kier alpha value is -2.30. The van der Waals surface area contributed by atoms with Crippen LogP contribution in [0.3, 0.4) is 0 Å². The van der Waals surface area contributed by atoms with Gasteiger partial charge < -0.3 is 89.1 Å². The molecule has 3 rings (SSSR count). The van der Waals surface area contributed by atoms with Crippen LogP contribution in [0.4, 0.5) is 0 Å². The maximum atomic E-state index is 14.4. The molecular formula is C78H145O24P. The molecule has 103 heavy (non-hydrogen) atoms. The van der Waals surface area contributed by atoms with Gasteiger partial charge in [-0.3, -0.25) is 23.4 Å². The second-order valence-electron chi connectivity index (χ2n) is 29.5. The second-order valence-corrected chi connectivity index (χ2v) is 30.9. The van der Waals surface area contributed by atoms with E-state index in [9.17, 15) is 74.9 Å². The minimum atomic E-state index is -5.70. The van der Waals surface area contributed by atoms with Crippen LogP contribution in [0.1, 0.15) is 335 Å². The summed E-state index contributed by atoms with van der Waals surface area (Å²) in [5.74, 6) is -1.98. The van der Waals surface area contributed by atoms with Crippen molar-refractivity contribution in [2.45, 2.75) is 440 Å². The molecule has 18 unspecified atom stereocenters. The highest BCUT2D eigenvalue weighted by molar-refractivity contribution is 7.47. The monoisotopic (exact) mass is 1500 g/mol. The van der Waals surface area contributed by atoms with Crippen LogP contribution >= 0.6 is 7.82 Å². The predicted octanol–water partition coefficient (Wildman–Crippen LogP) is 12.7. The van der Waals surface area contributed by atoms with E-state index in [1.807, 2.05) is 0 Å². The molecule has 1 aliphatic carbocycles. The quantitative estimate of drug-likeness (QED) is 0.00886. The van der Waals surface area contributed by atoms with Gasteiger partial charge in [0, 0.05) is 19.3 Å². The molecule has 25 heteroatoms. The molecule has 2 heterocycles. The number of hydrogen-bond donors (Lipinski definition) is 11. The Bertz CT molecular complexity index is 2160. The number of rotatable bonds is 65. The molecule has 3 fully saturated rings. The molecule has 0 aromatic heterocycles. The largest absolute Gasteiger partial charge is 0.472 e. The molecule has 0 bridgehead atoms. The molecule has 24 nitrogen and oxygen atoms in total. The standard InChI is InChI=1S/C78H145O24P/c1-4-7-10-13-16-19-22-25-28-30-33-35-37-40-43-46-49-52-62(80)94-56-59(97-64(82)54-51-48-45-42-39-36-31-27-24-21-18-15-12-9-6-3)57-96-103(92,93)102-76-74(100-77-72(90)67(85)65(83)60(55-79)98-77)70(88)69(87)71(89)75(76)101-78-73(91)68(86)66(84)61(99-78)58-95-63(81)53-50-47-44-41-38-34-32-29-26-23-20-17-14-11-8-5-2/h21,24,59-61,65-79,83-91H,4-20,22-23,25-58H2,1-3H3,(H,92,93)/b24-21-. The lowest BCUT2D eigenvalue weighted by Gasteiger charge is -2.49. The van der Waals surface area contributed by atoms with E-state index in [4.69, 9.17) is 42.2 Å². The minimum Gasteiger partial charge on any atom is -0.463 e. The summed E-state index contributed by atoms with van der Waals surface area (Å²) in [7, 11) is -5.70. The van der Waals surface area contributed by atoms with Gasteiger partial charge in [-0.2, -0.15) is 0 Å². The van der Waals surface area contributed by atoms with Crippen LogP contribution in [0.5, 0.6) is 0 Å². The predicted molar refractivity (Wildman–Crippen MR) is 393 cm³/mol. The highest BCUT2D eigenvalue weighted by atomic mass is 31.2. The summed E-state index contributed by atoms with van der Waals surface area (Å²) < 4.78 is 65.2. The summed E-state index contributed by atoms with van der Waals surface area (Å²) in [4.78, 5) is 51.2. The highest BCUT2D eigenvalue weighted by Gasteiger charge is 2.58. The van der Waals surface area contributed by atoms with Crippen LogP contribution in [0.15, 0.2) is 12.2 Å². The molecule has 18 atom stereocenters. The van der Waals surface area contributed by atoms with Gasteiger partial charge in [-0.05, 0) is 44.9 Å². The van der Waals surface area contributed by atoms with Gasteiger partial charge in [-0.15, -0.1) is 0 Å². The minimum absolute atomic E-state index is 0.0329. The first-order valence-electron chi connectivity index (χ1n) is 41.0. The van der Waals surface area contributed by atoms with Crippen LogP contribution in [0.25, 0.3) is 0 Å². The maximum Gasteiger partial charge on any atom is 0.472 e. The van der Waals surface area contributed by atoms with Crippen LogP contribution < -0.4 is 0 Å². The number of hydrogen-bond acceptors (Lipinski definition) is 23. The molecule has 2 saturated heterocycles. The van der Waals surface area contributed by atoms with E-state index in [0.717, 1.165) is 109 Å². The fourth-order valence-corrected chi connectivity index (χ4v) is 14.6. The van der Waals surface area contributed by atoms with Crippen molar-refractivity contribution >= 4 is 25.7 Å². The van der Waals surface area contributed by atoms with Gasteiger partial charge in [-0.25, -0.2) is 4.57 Å². The van der Waals surface area contributed by atoms with Gasteiger partial charge in [0.15, 0.2) is 18.7 Å². The fourth-order valence-electron chi connectivity index (χ4n) is 13.6. The molecule has 0 radical (unpaired) electrons. The molecule has 0 aromatic rings. The Kier molecular flexibility index (Phi) is 54.9. The van der Waals surface area contributed by atoms with Gasteiger partial charge >= 0.3 is 25.7 Å². The molecule has 3 aliphatic rings. The topological polar surface area (TPSA) is 374 Å². The smallest absolute Gasteiger partial charge is 0.463 e. The number of aliphatic hydroxyl groups excluding tert-OH is 10. The lowest BCUT2D eigenvalue weighted by atomic mass is 9.84. The van der Waals surface area contributed by atoms with Crippen molar-refractivity contribution in [3.8, 4) is 0 Å². The first-order chi connectivity index (χ1) is 49.8. The molecule has 0 aromatic carbocycles. The van der Waals surface area contributed by atoms with Crippen molar-refractivity contribution in [3.63, 3.8) is 0 Å². The highest BCUT2D eigenvalue weighted by Crippen LogP contribution is 2.49. The SMILES string of the molecule is CCCCCC/C=C\CCCCCCCCCC(=O)OC(COC(=O)CCCCCCCCCCCCCCCCCCC)COP(=O)(O)OC1C(OC2OC(CO)C(O)C(O)C2O)C(O)C(O)C(O)C1OC1OC(COC(=O)CCCCCCCCCCCCCCCCCC)C(O)C(O)C1O. The summed E-state index contributed by atoms with van der Waals surface area (Å²) in [6.07, 6.45) is 21.0. The first-order valence-corrected chi connectivity index (χ1v) is 42.5. The second kappa shape index (κ2) is 59.6. The number of esters is 3. The van der Waals surface area contributed by atoms with Crippen LogP contribution in [0, 0.1) is 0 Å². The summed E-state index contributed by atoms with van der Waals surface area (Å²) in [6, 6.07) is 0. The van der Waals surface area contributed by atoms with E-state index < -0.39 is 156 Å². The van der Waals surface area contributed by atoms with Crippen molar-refractivity contribution < 1.29 is 117 Å². The number of phosphoric acid groups is 1. The number of phosphoric ester groups is 1. The Morgan fingerprint density at radius 3 is 1.06 bits per heavy atom. The number of aliphatic hydroxyl groups is 10. The fraction of sp³-hybridized carbons (Fsp3) is 0.936. The number of ether oxygens (including phenoxy) is 7. The Morgan fingerprint density at radius 1 is 0.369 bits per heavy atom. The normalized spacial score (nSPS) is 26.9. The Balaban J connectivity index is 1.69. The molecule has 2 aliphatic heterocycles. The summed E-state index contributed by atoms with van der Waals surface area (Å²) in [5, 5.41) is 110. The number of carbonyl (C=O) groups excluding carboxylic acids is 3. The zero-order chi connectivity index (χ0) is 75.3.